The molecule has 5 nitrogen and oxygen atoms in total. The summed E-state index contributed by atoms with van der Waals surface area (Å²) >= 11 is 1.52. The summed E-state index contributed by atoms with van der Waals surface area (Å²) in [6, 6.07) is 3.89. The molecular formula is C9H11N3O2S. The minimum Gasteiger partial charge on any atom is -0.448 e. The van der Waals surface area contributed by atoms with E-state index < -0.39 is 6.09 Å². The number of hydrogen-bond donors (Lipinski definition) is 2. The highest BCUT2D eigenvalue weighted by molar-refractivity contribution is 7.10. The van der Waals surface area contributed by atoms with E-state index in [0.29, 0.717) is 18.7 Å². The molecule has 0 saturated carbocycles. The largest absolute Gasteiger partial charge is 0.448 e. The van der Waals surface area contributed by atoms with Gasteiger partial charge >= 0.3 is 6.09 Å². The Morgan fingerprint density at radius 3 is 3.13 bits per heavy atom. The lowest BCUT2D eigenvalue weighted by molar-refractivity contribution is 0.157. The van der Waals surface area contributed by atoms with Crippen molar-refractivity contribution in [3.63, 3.8) is 0 Å². The molecule has 0 atom stereocenters. The topological polar surface area (TPSA) is 88.1 Å². The van der Waals surface area contributed by atoms with E-state index in [-0.39, 0.29) is 6.61 Å². The van der Waals surface area contributed by atoms with Crippen molar-refractivity contribution in [2.75, 3.05) is 13.2 Å². The van der Waals surface area contributed by atoms with E-state index in [1.165, 1.54) is 11.3 Å². The lowest BCUT2D eigenvalue weighted by atomic mass is 10.3. The van der Waals surface area contributed by atoms with Crippen LogP contribution in [0, 0.1) is 11.3 Å². The molecule has 6 heteroatoms. The van der Waals surface area contributed by atoms with Crippen LogP contribution in [0.15, 0.2) is 11.4 Å². The van der Waals surface area contributed by atoms with Gasteiger partial charge in [-0.2, -0.15) is 5.26 Å². The Morgan fingerprint density at radius 2 is 2.53 bits per heavy atom. The van der Waals surface area contributed by atoms with E-state index >= 15 is 0 Å². The molecule has 0 aliphatic rings. The smallest absolute Gasteiger partial charge is 0.404 e. The maximum atomic E-state index is 10.2. The average Bonchev–Trinajstić information content (AvgIpc) is 2.65. The molecule has 0 fully saturated rings. The van der Waals surface area contributed by atoms with Crippen LogP contribution in [0.4, 0.5) is 4.79 Å². The second kappa shape index (κ2) is 6.01. The van der Waals surface area contributed by atoms with Crippen molar-refractivity contribution in [1.29, 1.82) is 5.26 Å². The van der Waals surface area contributed by atoms with E-state index in [4.69, 9.17) is 11.0 Å². The lowest BCUT2D eigenvalue weighted by Crippen LogP contribution is -2.22. The summed E-state index contributed by atoms with van der Waals surface area (Å²) in [7, 11) is 0. The van der Waals surface area contributed by atoms with E-state index in [2.05, 4.69) is 16.1 Å². The Bertz CT molecular complexity index is 370. The van der Waals surface area contributed by atoms with Gasteiger partial charge in [0, 0.05) is 23.3 Å². The third-order valence-corrected chi connectivity index (χ3v) is 2.54. The third-order valence-electron chi connectivity index (χ3n) is 1.61. The second-order valence-electron chi connectivity index (χ2n) is 2.76. The summed E-state index contributed by atoms with van der Waals surface area (Å²) in [5.74, 6) is 0. The zero-order valence-electron chi connectivity index (χ0n) is 8.03. The number of nitrogens with two attached hydrogens (primary N) is 1. The maximum absolute atomic E-state index is 10.2. The molecule has 0 aromatic carbocycles. The van der Waals surface area contributed by atoms with Crippen LogP contribution in [-0.2, 0) is 11.3 Å². The van der Waals surface area contributed by atoms with Gasteiger partial charge in [-0.1, -0.05) is 0 Å². The highest BCUT2D eigenvalue weighted by Gasteiger charge is 1.98. The number of nitriles is 1. The summed E-state index contributed by atoms with van der Waals surface area (Å²) in [6.45, 7) is 1.46. The Balaban J connectivity index is 2.15. The molecule has 0 spiro atoms. The standard InChI is InChI=1S/C9H11N3O2S/c10-4-7-3-8(15-6-7)5-12-1-2-14-9(11)13/h3,6,12H,1-2,5H2,(H2,11,13). The minimum atomic E-state index is -0.764. The van der Waals surface area contributed by atoms with E-state index in [1.54, 1.807) is 5.38 Å². The predicted octanol–water partition coefficient (Wildman–Crippen LogP) is 0.805. The van der Waals surface area contributed by atoms with Crippen molar-refractivity contribution in [3.05, 3.63) is 21.9 Å². The first-order chi connectivity index (χ1) is 7.22. The molecule has 3 N–H and O–H groups in total. The van der Waals surface area contributed by atoms with E-state index in [9.17, 15) is 4.79 Å². The molecule has 1 rings (SSSR count). The van der Waals surface area contributed by atoms with Crippen LogP contribution in [0.25, 0.3) is 0 Å². The van der Waals surface area contributed by atoms with Crippen LogP contribution in [0.5, 0.6) is 0 Å². The molecule has 0 unspecified atom stereocenters. The van der Waals surface area contributed by atoms with Crippen molar-refractivity contribution in [2.45, 2.75) is 6.54 Å². The summed E-state index contributed by atoms with van der Waals surface area (Å²) in [6.07, 6.45) is -0.764. The zero-order chi connectivity index (χ0) is 11.1. The first kappa shape index (κ1) is 11.5. The Hall–Kier alpha value is -1.58. The van der Waals surface area contributed by atoms with Gasteiger partial charge < -0.3 is 15.8 Å². The fourth-order valence-corrected chi connectivity index (χ4v) is 1.75. The molecule has 15 heavy (non-hydrogen) atoms. The van der Waals surface area contributed by atoms with Crippen LogP contribution in [0.1, 0.15) is 10.4 Å². The predicted molar refractivity (Wildman–Crippen MR) is 56.3 cm³/mol. The fraction of sp³-hybridized carbons (Fsp3) is 0.333. The molecule has 1 amide bonds. The highest BCUT2D eigenvalue weighted by atomic mass is 32.1. The number of ether oxygens (including phenoxy) is 1. The molecule has 0 saturated heterocycles. The van der Waals surface area contributed by atoms with Crippen LogP contribution >= 0.6 is 11.3 Å². The number of amides is 1. The fourth-order valence-electron chi connectivity index (χ4n) is 0.967. The van der Waals surface area contributed by atoms with Crippen molar-refractivity contribution in [3.8, 4) is 6.07 Å². The van der Waals surface area contributed by atoms with E-state index in [0.717, 1.165) is 4.88 Å². The minimum absolute atomic E-state index is 0.256. The molecule has 80 valence electrons. The summed E-state index contributed by atoms with van der Waals surface area (Å²) in [5.41, 5.74) is 5.46. The van der Waals surface area contributed by atoms with Crippen molar-refractivity contribution in [1.82, 2.24) is 5.32 Å². The first-order valence-corrected chi connectivity index (χ1v) is 5.21. The van der Waals surface area contributed by atoms with Crippen molar-refractivity contribution < 1.29 is 9.53 Å². The van der Waals surface area contributed by atoms with Crippen LogP contribution < -0.4 is 11.1 Å². The van der Waals surface area contributed by atoms with Gasteiger partial charge in [-0.15, -0.1) is 11.3 Å². The number of nitrogens with zero attached hydrogens (tertiary/aromatic N) is 1. The Labute approximate surface area is 91.5 Å². The number of hydrogen-bond acceptors (Lipinski definition) is 5. The number of rotatable bonds is 5. The van der Waals surface area contributed by atoms with Gasteiger partial charge in [0.05, 0.1) is 5.56 Å². The molecule has 1 aromatic rings. The molecule has 0 radical (unpaired) electrons. The Kier molecular flexibility index (Phi) is 4.60. The zero-order valence-corrected chi connectivity index (χ0v) is 8.84. The summed E-state index contributed by atoms with van der Waals surface area (Å²) in [4.78, 5) is 11.3. The molecular weight excluding hydrogens is 214 g/mol. The molecule has 0 aliphatic carbocycles. The summed E-state index contributed by atoms with van der Waals surface area (Å²) < 4.78 is 4.53. The van der Waals surface area contributed by atoms with Gasteiger partial charge in [-0.3, -0.25) is 0 Å². The number of thiophene rings is 1. The van der Waals surface area contributed by atoms with Gasteiger partial charge in [0.1, 0.15) is 12.7 Å². The molecule has 1 heterocycles. The van der Waals surface area contributed by atoms with Crippen LogP contribution in [-0.4, -0.2) is 19.2 Å². The molecule has 1 aromatic heterocycles. The number of carbonyl (C=O) groups excluding carboxylic acids is 1. The third kappa shape index (κ3) is 4.44. The van der Waals surface area contributed by atoms with Crippen LogP contribution in [0.2, 0.25) is 0 Å². The highest BCUT2D eigenvalue weighted by Crippen LogP contribution is 2.12. The Morgan fingerprint density at radius 1 is 1.73 bits per heavy atom. The van der Waals surface area contributed by atoms with Gasteiger partial charge in [0.25, 0.3) is 0 Å². The monoisotopic (exact) mass is 225 g/mol. The van der Waals surface area contributed by atoms with Gasteiger partial charge in [-0.05, 0) is 6.07 Å². The number of primary amides is 1. The van der Waals surface area contributed by atoms with Crippen LogP contribution in [0.3, 0.4) is 0 Å². The average molecular weight is 225 g/mol. The quantitative estimate of drug-likeness (QED) is 0.725. The van der Waals surface area contributed by atoms with Crippen molar-refractivity contribution in [2.24, 2.45) is 5.73 Å². The lowest BCUT2D eigenvalue weighted by Gasteiger charge is -2.02. The van der Waals surface area contributed by atoms with Gasteiger partial charge in [-0.25, -0.2) is 4.79 Å². The number of carbonyl (C=O) groups is 1. The SMILES string of the molecule is N#Cc1csc(CNCCOC(N)=O)c1. The van der Waals surface area contributed by atoms with Crippen molar-refractivity contribution >= 4 is 17.4 Å². The second-order valence-corrected chi connectivity index (χ2v) is 3.75. The first-order valence-electron chi connectivity index (χ1n) is 4.33. The molecule has 0 bridgehead atoms. The van der Waals surface area contributed by atoms with E-state index in [1.807, 2.05) is 6.07 Å². The molecule has 0 aliphatic heterocycles. The normalized spacial score (nSPS) is 9.53. The number of nitrogens with one attached hydrogen (secondary N) is 1. The van der Waals surface area contributed by atoms with Gasteiger partial charge in [0.2, 0.25) is 0 Å². The summed E-state index contributed by atoms with van der Waals surface area (Å²) in [5, 5.41) is 13.5. The maximum Gasteiger partial charge on any atom is 0.404 e. The van der Waals surface area contributed by atoms with Gasteiger partial charge in [0.15, 0.2) is 0 Å².